The van der Waals surface area contributed by atoms with E-state index in [0.29, 0.717) is 30.2 Å². The zero-order valence-electron chi connectivity index (χ0n) is 19.3. The third-order valence-electron chi connectivity index (χ3n) is 5.98. The number of aromatic nitrogens is 1. The van der Waals surface area contributed by atoms with Gasteiger partial charge in [-0.05, 0) is 50.1 Å². The standard InChI is InChI=1S/C26H29N3O4/c1-4-28-17-19(20-9-5-6-10-22(20)28)15-21(26(31)29-13-7-8-14-29)27-25(30)18-11-12-23(32-2)24(16-18)33-3/h5-6,9-12,15-17H,4,7-8,13-14H2,1-3H3,(H,27,30). The number of nitrogens with one attached hydrogen (secondary N) is 1. The number of nitrogens with zero attached hydrogens (tertiary/aromatic N) is 2. The number of carbonyl (C=O) groups excluding carboxylic acids is 2. The van der Waals surface area contributed by atoms with Crippen LogP contribution in [0.4, 0.5) is 0 Å². The Bertz CT molecular complexity index is 1210. The van der Waals surface area contributed by atoms with Crippen LogP contribution in [0.5, 0.6) is 11.5 Å². The van der Waals surface area contributed by atoms with Gasteiger partial charge in [0, 0.05) is 47.9 Å². The minimum atomic E-state index is -0.381. The number of hydrogen-bond acceptors (Lipinski definition) is 4. The van der Waals surface area contributed by atoms with Gasteiger partial charge in [0.1, 0.15) is 5.70 Å². The molecule has 172 valence electrons. The summed E-state index contributed by atoms with van der Waals surface area (Å²) < 4.78 is 12.7. The Balaban J connectivity index is 1.72. The monoisotopic (exact) mass is 447 g/mol. The number of ether oxygens (including phenoxy) is 2. The first-order valence-electron chi connectivity index (χ1n) is 11.2. The summed E-state index contributed by atoms with van der Waals surface area (Å²) in [5.41, 5.74) is 2.62. The van der Waals surface area contributed by atoms with Crippen LogP contribution in [0.15, 0.2) is 54.4 Å². The van der Waals surface area contributed by atoms with E-state index in [1.54, 1.807) is 36.3 Å². The van der Waals surface area contributed by atoms with Gasteiger partial charge in [0.25, 0.3) is 11.8 Å². The first kappa shape index (κ1) is 22.5. The molecule has 7 nitrogen and oxygen atoms in total. The summed E-state index contributed by atoms with van der Waals surface area (Å²) in [6, 6.07) is 13.0. The van der Waals surface area contributed by atoms with Gasteiger partial charge in [0.15, 0.2) is 11.5 Å². The van der Waals surface area contributed by atoms with E-state index in [2.05, 4.69) is 22.9 Å². The molecule has 0 aliphatic carbocycles. The fourth-order valence-electron chi connectivity index (χ4n) is 4.22. The van der Waals surface area contributed by atoms with E-state index in [-0.39, 0.29) is 17.5 Å². The maximum Gasteiger partial charge on any atom is 0.270 e. The van der Waals surface area contributed by atoms with Crippen LogP contribution < -0.4 is 14.8 Å². The van der Waals surface area contributed by atoms with Crippen molar-refractivity contribution >= 4 is 28.8 Å². The second-order valence-electron chi connectivity index (χ2n) is 7.97. The van der Waals surface area contributed by atoms with Crippen LogP contribution in [0.2, 0.25) is 0 Å². The fourth-order valence-corrected chi connectivity index (χ4v) is 4.22. The maximum absolute atomic E-state index is 13.3. The first-order chi connectivity index (χ1) is 16.0. The molecule has 7 heteroatoms. The smallest absolute Gasteiger partial charge is 0.270 e. The summed E-state index contributed by atoms with van der Waals surface area (Å²) in [6.07, 6.45) is 5.74. The average molecular weight is 448 g/mol. The molecule has 0 atom stereocenters. The number of rotatable bonds is 7. The third-order valence-corrected chi connectivity index (χ3v) is 5.98. The molecular formula is C26H29N3O4. The lowest BCUT2D eigenvalue weighted by molar-refractivity contribution is -0.126. The van der Waals surface area contributed by atoms with Crippen molar-refractivity contribution in [3.63, 3.8) is 0 Å². The number of aryl methyl sites for hydroxylation is 1. The molecule has 0 unspecified atom stereocenters. The largest absolute Gasteiger partial charge is 0.493 e. The molecule has 1 fully saturated rings. The summed E-state index contributed by atoms with van der Waals surface area (Å²) in [6.45, 7) is 4.27. The molecule has 33 heavy (non-hydrogen) atoms. The lowest BCUT2D eigenvalue weighted by Crippen LogP contribution is -2.36. The number of benzene rings is 2. The molecule has 3 aromatic rings. The van der Waals surface area contributed by atoms with Crippen molar-refractivity contribution < 1.29 is 19.1 Å². The predicted molar refractivity (Wildman–Crippen MR) is 128 cm³/mol. The topological polar surface area (TPSA) is 72.8 Å². The number of amides is 2. The van der Waals surface area contributed by atoms with Crippen LogP contribution in [-0.2, 0) is 11.3 Å². The summed E-state index contributed by atoms with van der Waals surface area (Å²) in [5.74, 6) is 0.432. The number of carbonyl (C=O) groups is 2. The summed E-state index contributed by atoms with van der Waals surface area (Å²) in [4.78, 5) is 28.3. The van der Waals surface area contributed by atoms with E-state index in [4.69, 9.17) is 9.47 Å². The number of likely N-dealkylation sites (tertiary alicyclic amines) is 1. The molecule has 2 aromatic carbocycles. The van der Waals surface area contributed by atoms with Crippen LogP contribution in [0, 0.1) is 0 Å². The Hall–Kier alpha value is -3.74. The molecule has 1 N–H and O–H groups in total. The highest BCUT2D eigenvalue weighted by Crippen LogP contribution is 2.28. The van der Waals surface area contributed by atoms with E-state index >= 15 is 0 Å². The quantitative estimate of drug-likeness (QED) is 0.554. The molecular weight excluding hydrogens is 418 g/mol. The van der Waals surface area contributed by atoms with Gasteiger partial charge in [-0.1, -0.05) is 18.2 Å². The van der Waals surface area contributed by atoms with Crippen molar-refractivity contribution in [1.29, 1.82) is 0 Å². The molecule has 2 amide bonds. The Kier molecular flexibility index (Phi) is 6.68. The number of fused-ring (bicyclic) bond motifs is 1. The lowest BCUT2D eigenvalue weighted by atomic mass is 10.1. The fraction of sp³-hybridized carbons (Fsp3) is 0.308. The predicted octanol–water partition coefficient (Wildman–Crippen LogP) is 4.07. The number of para-hydroxylation sites is 1. The van der Waals surface area contributed by atoms with Gasteiger partial charge in [-0.25, -0.2) is 0 Å². The molecule has 1 aliphatic rings. The van der Waals surface area contributed by atoms with Crippen molar-refractivity contribution in [1.82, 2.24) is 14.8 Å². The van der Waals surface area contributed by atoms with Gasteiger partial charge in [-0.3, -0.25) is 9.59 Å². The SMILES string of the molecule is CCn1cc(C=C(NC(=O)c2ccc(OC)c(OC)c2)C(=O)N2CCCC2)c2ccccc21. The van der Waals surface area contributed by atoms with Crippen LogP contribution in [-0.4, -0.2) is 48.6 Å². The highest BCUT2D eigenvalue weighted by molar-refractivity contribution is 6.06. The van der Waals surface area contributed by atoms with Crippen molar-refractivity contribution in [2.75, 3.05) is 27.3 Å². The molecule has 1 saturated heterocycles. The normalized spacial score (nSPS) is 13.9. The second-order valence-corrected chi connectivity index (χ2v) is 7.97. The maximum atomic E-state index is 13.3. The van der Waals surface area contributed by atoms with Gasteiger partial charge in [-0.15, -0.1) is 0 Å². The van der Waals surface area contributed by atoms with Crippen molar-refractivity contribution in [2.24, 2.45) is 0 Å². The summed E-state index contributed by atoms with van der Waals surface area (Å²) >= 11 is 0. The van der Waals surface area contributed by atoms with E-state index in [9.17, 15) is 9.59 Å². The Morgan fingerprint density at radius 2 is 1.76 bits per heavy atom. The summed E-state index contributed by atoms with van der Waals surface area (Å²) in [5, 5.41) is 3.90. The highest BCUT2D eigenvalue weighted by atomic mass is 16.5. The van der Waals surface area contributed by atoms with Crippen LogP contribution in [0.1, 0.15) is 35.7 Å². The zero-order chi connectivity index (χ0) is 23.4. The third kappa shape index (κ3) is 4.58. The van der Waals surface area contributed by atoms with E-state index in [1.807, 2.05) is 24.4 Å². The Morgan fingerprint density at radius 1 is 1.03 bits per heavy atom. The Morgan fingerprint density at radius 3 is 2.45 bits per heavy atom. The van der Waals surface area contributed by atoms with E-state index in [1.165, 1.54) is 7.11 Å². The van der Waals surface area contributed by atoms with E-state index in [0.717, 1.165) is 35.9 Å². The van der Waals surface area contributed by atoms with Gasteiger partial charge < -0.3 is 24.3 Å². The first-order valence-corrected chi connectivity index (χ1v) is 11.2. The molecule has 1 aliphatic heterocycles. The van der Waals surface area contributed by atoms with Crippen molar-refractivity contribution in [3.8, 4) is 11.5 Å². The highest BCUT2D eigenvalue weighted by Gasteiger charge is 2.24. The lowest BCUT2D eigenvalue weighted by Gasteiger charge is -2.18. The molecule has 1 aromatic heterocycles. The minimum Gasteiger partial charge on any atom is -0.493 e. The average Bonchev–Trinajstić information content (AvgIpc) is 3.51. The van der Waals surface area contributed by atoms with Gasteiger partial charge >= 0.3 is 0 Å². The second kappa shape index (κ2) is 9.81. The minimum absolute atomic E-state index is 0.172. The zero-order valence-corrected chi connectivity index (χ0v) is 19.3. The van der Waals surface area contributed by atoms with E-state index < -0.39 is 0 Å². The molecule has 0 saturated carbocycles. The van der Waals surface area contributed by atoms with Crippen LogP contribution >= 0.6 is 0 Å². The molecule has 0 radical (unpaired) electrons. The van der Waals surface area contributed by atoms with Crippen molar-refractivity contribution in [3.05, 3.63) is 65.5 Å². The van der Waals surface area contributed by atoms with Crippen LogP contribution in [0.25, 0.3) is 17.0 Å². The van der Waals surface area contributed by atoms with Gasteiger partial charge in [0.2, 0.25) is 0 Å². The Labute approximate surface area is 193 Å². The number of methoxy groups -OCH3 is 2. The van der Waals surface area contributed by atoms with Gasteiger partial charge in [0.05, 0.1) is 14.2 Å². The van der Waals surface area contributed by atoms with Gasteiger partial charge in [-0.2, -0.15) is 0 Å². The molecule has 0 bridgehead atoms. The molecule has 4 rings (SSSR count). The molecule has 0 spiro atoms. The summed E-state index contributed by atoms with van der Waals surface area (Å²) in [7, 11) is 3.06. The van der Waals surface area contributed by atoms with Crippen molar-refractivity contribution in [2.45, 2.75) is 26.3 Å². The molecule has 2 heterocycles. The van der Waals surface area contributed by atoms with Crippen LogP contribution in [0.3, 0.4) is 0 Å². The number of hydrogen-bond donors (Lipinski definition) is 1.